The summed E-state index contributed by atoms with van der Waals surface area (Å²) in [7, 11) is -0.766. The lowest BCUT2D eigenvalue weighted by Crippen LogP contribution is -2.41. The van der Waals surface area contributed by atoms with E-state index in [-0.39, 0.29) is 28.0 Å². The van der Waals surface area contributed by atoms with Crippen LogP contribution >= 0.6 is 0 Å². The first-order valence-corrected chi connectivity index (χ1v) is 8.54. The highest BCUT2D eigenvalue weighted by molar-refractivity contribution is 7.86. The summed E-state index contributed by atoms with van der Waals surface area (Å²) in [6.07, 6.45) is 4.47. The fourth-order valence-electron chi connectivity index (χ4n) is 3.54. The van der Waals surface area contributed by atoms with Crippen LogP contribution in [0.3, 0.4) is 0 Å². The first-order chi connectivity index (χ1) is 9.58. The zero-order chi connectivity index (χ0) is 14.3. The van der Waals surface area contributed by atoms with Gasteiger partial charge in [-0.2, -0.15) is 0 Å². The summed E-state index contributed by atoms with van der Waals surface area (Å²) in [5.74, 6) is -0.366. The van der Waals surface area contributed by atoms with Gasteiger partial charge in [-0.1, -0.05) is 18.6 Å². The lowest BCUT2D eigenvalue weighted by atomic mass is 9.83. The van der Waals surface area contributed by atoms with E-state index in [1.807, 2.05) is 0 Å². The lowest BCUT2D eigenvalue weighted by Gasteiger charge is -2.37. The number of rotatable bonds is 2. The number of Topliss-reactive ketones (excluding diaryl/α,β-unsaturated/α-hetero) is 1. The van der Waals surface area contributed by atoms with E-state index >= 15 is 0 Å². The van der Waals surface area contributed by atoms with Crippen molar-refractivity contribution in [1.29, 1.82) is 0 Å². The summed E-state index contributed by atoms with van der Waals surface area (Å²) in [6.45, 7) is 1.66. The second-order valence-corrected chi connectivity index (χ2v) is 7.94. The molecule has 1 aromatic rings. The van der Waals surface area contributed by atoms with E-state index in [0.29, 0.717) is 24.0 Å². The van der Waals surface area contributed by atoms with Gasteiger partial charge in [0, 0.05) is 32.8 Å². The van der Waals surface area contributed by atoms with Crippen molar-refractivity contribution in [2.45, 2.75) is 49.5 Å². The molecule has 108 valence electrons. The molecule has 2 heterocycles. The van der Waals surface area contributed by atoms with Crippen molar-refractivity contribution in [3.05, 3.63) is 35.1 Å². The third kappa shape index (κ3) is 2.34. The molecule has 2 saturated heterocycles. The van der Waals surface area contributed by atoms with Crippen molar-refractivity contribution in [2.24, 2.45) is 5.92 Å². The molecular weight excluding hydrogens is 275 g/mol. The molecule has 0 saturated carbocycles. The largest absolute Gasteiger partial charge is 0.294 e. The van der Waals surface area contributed by atoms with E-state index in [9.17, 15) is 13.4 Å². The SMILES string of the molecule is Cc1c(F)cccc1C(=O)C1CC2CCCC(C1)S2=O. The molecule has 0 aromatic heterocycles. The number of hydrogen-bond donors (Lipinski definition) is 0. The molecule has 0 radical (unpaired) electrons. The Balaban J connectivity index is 1.85. The van der Waals surface area contributed by atoms with E-state index in [1.54, 1.807) is 19.1 Å². The number of halogens is 1. The van der Waals surface area contributed by atoms with Crippen molar-refractivity contribution >= 4 is 16.6 Å². The first kappa shape index (κ1) is 13.9. The second kappa shape index (κ2) is 5.40. The van der Waals surface area contributed by atoms with Gasteiger partial charge in [0.2, 0.25) is 0 Å². The molecule has 3 rings (SSSR count). The minimum Gasteiger partial charge on any atom is -0.294 e. The molecule has 0 spiro atoms. The molecule has 0 aliphatic carbocycles. The maximum absolute atomic E-state index is 13.6. The fourth-order valence-corrected chi connectivity index (χ4v) is 5.73. The van der Waals surface area contributed by atoms with Crippen molar-refractivity contribution in [3.8, 4) is 0 Å². The van der Waals surface area contributed by atoms with Crippen LogP contribution in [0.5, 0.6) is 0 Å². The third-order valence-corrected chi connectivity index (χ3v) is 6.88. The Bertz CT molecular complexity index is 554. The molecule has 4 heteroatoms. The quantitative estimate of drug-likeness (QED) is 0.783. The first-order valence-electron chi connectivity index (χ1n) is 7.26. The Hall–Kier alpha value is -1.03. The summed E-state index contributed by atoms with van der Waals surface area (Å²) in [5.41, 5.74) is 0.940. The molecule has 2 aliphatic heterocycles. The fraction of sp³-hybridized carbons (Fsp3) is 0.562. The van der Waals surface area contributed by atoms with Gasteiger partial charge >= 0.3 is 0 Å². The summed E-state index contributed by atoms with van der Waals surface area (Å²) < 4.78 is 25.8. The van der Waals surface area contributed by atoms with Crippen molar-refractivity contribution in [1.82, 2.24) is 0 Å². The van der Waals surface area contributed by atoms with Gasteiger partial charge in [-0.3, -0.25) is 9.00 Å². The van der Waals surface area contributed by atoms with Gasteiger partial charge < -0.3 is 0 Å². The maximum Gasteiger partial charge on any atom is 0.166 e. The topological polar surface area (TPSA) is 34.1 Å². The van der Waals surface area contributed by atoms with E-state index in [1.165, 1.54) is 6.07 Å². The van der Waals surface area contributed by atoms with Crippen molar-refractivity contribution in [3.63, 3.8) is 0 Å². The highest BCUT2D eigenvalue weighted by Gasteiger charge is 2.40. The average molecular weight is 294 g/mol. The predicted molar refractivity (Wildman–Crippen MR) is 77.8 cm³/mol. The van der Waals surface area contributed by atoms with Gasteiger partial charge in [-0.05, 0) is 44.2 Å². The monoisotopic (exact) mass is 294 g/mol. The van der Waals surface area contributed by atoms with Gasteiger partial charge in [0.1, 0.15) is 5.82 Å². The molecule has 2 nitrogen and oxygen atoms in total. The molecule has 0 N–H and O–H groups in total. The summed E-state index contributed by atoms with van der Waals surface area (Å²) >= 11 is 0. The minimum atomic E-state index is -0.766. The Kier molecular flexibility index (Phi) is 3.76. The van der Waals surface area contributed by atoms with Crippen LogP contribution in [0, 0.1) is 18.7 Å². The van der Waals surface area contributed by atoms with E-state index < -0.39 is 10.8 Å². The van der Waals surface area contributed by atoms with Crippen LogP contribution in [0.15, 0.2) is 18.2 Å². The lowest BCUT2D eigenvalue weighted by molar-refractivity contribution is 0.0894. The standard InChI is InChI=1S/C16H19FO2S/c1-10-14(6-3-7-15(10)17)16(18)11-8-12-4-2-5-13(9-11)20(12)19/h3,6-7,11-13H,2,4-5,8-9H2,1H3. The summed E-state index contributed by atoms with van der Waals surface area (Å²) in [4.78, 5) is 12.6. The molecule has 2 unspecified atom stereocenters. The van der Waals surface area contributed by atoms with E-state index in [4.69, 9.17) is 0 Å². The van der Waals surface area contributed by atoms with E-state index in [2.05, 4.69) is 0 Å². The zero-order valence-electron chi connectivity index (χ0n) is 11.6. The number of ketones is 1. The number of benzene rings is 1. The van der Waals surface area contributed by atoms with Gasteiger partial charge in [-0.25, -0.2) is 4.39 Å². The summed E-state index contributed by atoms with van der Waals surface area (Å²) in [5, 5.41) is 0.343. The normalized spacial score (nSPS) is 32.9. The molecule has 20 heavy (non-hydrogen) atoms. The second-order valence-electron chi connectivity index (χ2n) is 5.95. The Morgan fingerprint density at radius 2 is 1.90 bits per heavy atom. The molecule has 2 aliphatic rings. The number of fused-ring (bicyclic) bond motifs is 2. The zero-order valence-corrected chi connectivity index (χ0v) is 12.4. The van der Waals surface area contributed by atoms with E-state index in [0.717, 1.165) is 19.3 Å². The molecule has 2 atom stereocenters. The van der Waals surface area contributed by atoms with Crippen molar-refractivity contribution < 1.29 is 13.4 Å². The number of hydrogen-bond acceptors (Lipinski definition) is 2. The summed E-state index contributed by atoms with van der Waals surface area (Å²) in [6, 6.07) is 4.69. The number of carbonyl (C=O) groups excluding carboxylic acids is 1. The van der Waals surface area contributed by atoms with Crippen LogP contribution in [0.1, 0.15) is 48.0 Å². The molecule has 1 aromatic carbocycles. The van der Waals surface area contributed by atoms with Gasteiger partial charge in [0.15, 0.2) is 5.78 Å². The number of carbonyl (C=O) groups is 1. The predicted octanol–water partition coefficient (Wildman–Crippen LogP) is 3.40. The molecular formula is C16H19FO2S. The highest BCUT2D eigenvalue weighted by atomic mass is 32.2. The Morgan fingerprint density at radius 1 is 1.25 bits per heavy atom. The van der Waals surface area contributed by atoms with Crippen LogP contribution in [0.4, 0.5) is 4.39 Å². The van der Waals surface area contributed by atoms with Crippen LogP contribution in [0.25, 0.3) is 0 Å². The molecule has 2 bridgehead atoms. The Morgan fingerprint density at radius 3 is 2.55 bits per heavy atom. The van der Waals surface area contributed by atoms with Gasteiger partial charge in [0.25, 0.3) is 0 Å². The maximum atomic E-state index is 13.6. The third-order valence-electron chi connectivity index (χ3n) is 4.71. The smallest absolute Gasteiger partial charge is 0.166 e. The van der Waals surface area contributed by atoms with Crippen LogP contribution < -0.4 is 0 Å². The minimum absolute atomic E-state index is 0.0376. The molecule has 0 amide bonds. The highest BCUT2D eigenvalue weighted by Crippen LogP contribution is 2.38. The molecule has 2 fully saturated rings. The Labute approximate surface area is 121 Å². The van der Waals surface area contributed by atoms with Gasteiger partial charge in [-0.15, -0.1) is 0 Å². The average Bonchev–Trinajstić information content (AvgIpc) is 2.41. The van der Waals surface area contributed by atoms with Crippen molar-refractivity contribution in [2.75, 3.05) is 0 Å². The van der Waals surface area contributed by atoms with Crippen LogP contribution in [-0.4, -0.2) is 20.5 Å². The van der Waals surface area contributed by atoms with Crippen LogP contribution in [-0.2, 0) is 10.8 Å². The van der Waals surface area contributed by atoms with Gasteiger partial charge in [0.05, 0.1) is 0 Å². The van der Waals surface area contributed by atoms with Crippen LogP contribution in [0.2, 0.25) is 0 Å².